The SMILES string of the molecule is CC1=C(C)C(C)C(CCOC(C)C)=C1C. The Morgan fingerprint density at radius 3 is 2.13 bits per heavy atom. The molecule has 0 N–H and O–H groups in total. The molecule has 1 aliphatic carbocycles. The van der Waals surface area contributed by atoms with Crippen LogP contribution < -0.4 is 0 Å². The third-order valence-electron chi connectivity index (χ3n) is 3.63. The molecule has 0 heterocycles. The molecular weight excluding hydrogens is 184 g/mol. The summed E-state index contributed by atoms with van der Waals surface area (Å²) in [5.74, 6) is 0.626. The quantitative estimate of drug-likeness (QED) is 0.675. The fraction of sp³-hybridized carbons (Fsp3) is 0.714. The zero-order valence-electron chi connectivity index (χ0n) is 11.0. The number of allylic oxidation sites excluding steroid dienone is 3. The maximum atomic E-state index is 5.62. The Morgan fingerprint density at radius 2 is 1.73 bits per heavy atom. The van der Waals surface area contributed by atoms with Crippen molar-refractivity contribution in [1.82, 2.24) is 0 Å². The van der Waals surface area contributed by atoms with Crippen LogP contribution in [0.1, 0.15) is 48.0 Å². The molecule has 1 nitrogen and oxygen atoms in total. The van der Waals surface area contributed by atoms with Gasteiger partial charge in [-0.2, -0.15) is 0 Å². The van der Waals surface area contributed by atoms with Gasteiger partial charge in [0.2, 0.25) is 0 Å². The van der Waals surface area contributed by atoms with Crippen LogP contribution in [0.15, 0.2) is 22.3 Å². The van der Waals surface area contributed by atoms with E-state index in [-0.39, 0.29) is 0 Å². The van der Waals surface area contributed by atoms with Gasteiger partial charge in [0.25, 0.3) is 0 Å². The van der Waals surface area contributed by atoms with Crippen LogP contribution in [-0.2, 0) is 4.74 Å². The van der Waals surface area contributed by atoms with Gasteiger partial charge in [-0.05, 0) is 58.1 Å². The van der Waals surface area contributed by atoms with Crippen LogP contribution in [0.5, 0.6) is 0 Å². The fourth-order valence-corrected chi connectivity index (χ4v) is 2.26. The van der Waals surface area contributed by atoms with Gasteiger partial charge in [0.15, 0.2) is 0 Å². The molecule has 1 unspecified atom stereocenters. The van der Waals surface area contributed by atoms with E-state index in [0.717, 1.165) is 13.0 Å². The lowest BCUT2D eigenvalue weighted by Gasteiger charge is -2.14. The van der Waals surface area contributed by atoms with E-state index < -0.39 is 0 Å². The van der Waals surface area contributed by atoms with E-state index in [4.69, 9.17) is 4.74 Å². The molecule has 15 heavy (non-hydrogen) atoms. The largest absolute Gasteiger partial charge is 0.378 e. The number of hydrogen-bond donors (Lipinski definition) is 0. The van der Waals surface area contributed by atoms with Crippen molar-refractivity contribution in [2.75, 3.05) is 6.61 Å². The number of ether oxygens (including phenoxy) is 1. The molecule has 1 atom stereocenters. The molecular formula is C14H24O. The highest BCUT2D eigenvalue weighted by Gasteiger charge is 2.22. The Hall–Kier alpha value is -0.560. The standard InChI is InChI=1S/C14H24O/c1-9(2)15-8-7-14-12(5)10(3)11(4)13(14)6/h9,12H,7-8H2,1-6H3. The normalized spacial score (nSPS) is 22.2. The number of rotatable bonds is 4. The molecule has 0 radical (unpaired) electrons. The molecule has 0 bridgehead atoms. The van der Waals surface area contributed by atoms with Gasteiger partial charge in [0, 0.05) is 0 Å². The second-order valence-electron chi connectivity index (χ2n) is 4.85. The van der Waals surface area contributed by atoms with Crippen LogP contribution in [0.3, 0.4) is 0 Å². The monoisotopic (exact) mass is 208 g/mol. The molecule has 0 saturated carbocycles. The summed E-state index contributed by atoms with van der Waals surface area (Å²) in [5, 5.41) is 0. The van der Waals surface area contributed by atoms with E-state index in [2.05, 4.69) is 41.5 Å². The van der Waals surface area contributed by atoms with E-state index >= 15 is 0 Å². The lowest BCUT2D eigenvalue weighted by atomic mass is 9.96. The van der Waals surface area contributed by atoms with E-state index in [1.54, 1.807) is 5.57 Å². The van der Waals surface area contributed by atoms with Gasteiger partial charge in [0.1, 0.15) is 0 Å². The molecule has 0 spiro atoms. The average Bonchev–Trinajstić information content (AvgIpc) is 2.34. The van der Waals surface area contributed by atoms with Crippen LogP contribution in [0.4, 0.5) is 0 Å². The minimum atomic E-state index is 0.345. The predicted octanol–water partition coefficient (Wildman–Crippen LogP) is 4.10. The Morgan fingerprint density at radius 1 is 1.13 bits per heavy atom. The van der Waals surface area contributed by atoms with Gasteiger partial charge in [0.05, 0.1) is 12.7 Å². The number of hydrogen-bond acceptors (Lipinski definition) is 1. The van der Waals surface area contributed by atoms with Gasteiger partial charge in [-0.15, -0.1) is 0 Å². The van der Waals surface area contributed by atoms with E-state index in [9.17, 15) is 0 Å². The van der Waals surface area contributed by atoms with E-state index in [0.29, 0.717) is 12.0 Å². The Labute approximate surface area is 94.2 Å². The molecule has 0 amide bonds. The first-order chi connectivity index (χ1) is 6.95. The summed E-state index contributed by atoms with van der Waals surface area (Å²) in [4.78, 5) is 0. The van der Waals surface area contributed by atoms with Gasteiger partial charge in [-0.1, -0.05) is 18.1 Å². The van der Waals surface area contributed by atoms with Crippen molar-refractivity contribution in [3.8, 4) is 0 Å². The van der Waals surface area contributed by atoms with Gasteiger partial charge in [-0.25, -0.2) is 0 Å². The summed E-state index contributed by atoms with van der Waals surface area (Å²) >= 11 is 0. The second kappa shape index (κ2) is 4.98. The van der Waals surface area contributed by atoms with Gasteiger partial charge >= 0.3 is 0 Å². The van der Waals surface area contributed by atoms with Crippen LogP contribution in [0, 0.1) is 5.92 Å². The zero-order valence-corrected chi connectivity index (χ0v) is 11.0. The maximum Gasteiger partial charge on any atom is 0.0519 e. The van der Waals surface area contributed by atoms with Gasteiger partial charge in [-0.3, -0.25) is 0 Å². The molecule has 86 valence electrons. The van der Waals surface area contributed by atoms with Crippen molar-refractivity contribution in [2.45, 2.75) is 54.1 Å². The van der Waals surface area contributed by atoms with Crippen molar-refractivity contribution in [3.05, 3.63) is 22.3 Å². The summed E-state index contributed by atoms with van der Waals surface area (Å²) in [7, 11) is 0. The van der Waals surface area contributed by atoms with Crippen molar-refractivity contribution in [2.24, 2.45) is 5.92 Å². The third kappa shape index (κ3) is 2.72. The first-order valence-corrected chi connectivity index (χ1v) is 5.94. The second-order valence-corrected chi connectivity index (χ2v) is 4.85. The molecule has 1 rings (SSSR count). The molecule has 0 aromatic carbocycles. The predicted molar refractivity (Wildman–Crippen MR) is 65.9 cm³/mol. The van der Waals surface area contributed by atoms with Crippen molar-refractivity contribution in [1.29, 1.82) is 0 Å². The summed E-state index contributed by atoms with van der Waals surface area (Å²) in [6.45, 7) is 14.1. The molecule has 0 saturated heterocycles. The molecule has 0 aromatic rings. The molecule has 1 aliphatic rings. The fourth-order valence-electron chi connectivity index (χ4n) is 2.26. The van der Waals surface area contributed by atoms with E-state index in [1.807, 2.05) is 0 Å². The highest BCUT2D eigenvalue weighted by atomic mass is 16.5. The van der Waals surface area contributed by atoms with Gasteiger partial charge < -0.3 is 4.74 Å². The van der Waals surface area contributed by atoms with Crippen LogP contribution >= 0.6 is 0 Å². The summed E-state index contributed by atoms with van der Waals surface area (Å²) in [6, 6.07) is 0. The lowest BCUT2D eigenvalue weighted by Crippen LogP contribution is -2.07. The minimum Gasteiger partial charge on any atom is -0.378 e. The highest BCUT2D eigenvalue weighted by Crippen LogP contribution is 2.38. The van der Waals surface area contributed by atoms with Crippen molar-refractivity contribution < 1.29 is 4.74 Å². The Kier molecular flexibility index (Phi) is 4.15. The minimum absolute atomic E-state index is 0.345. The molecule has 0 aliphatic heterocycles. The van der Waals surface area contributed by atoms with Crippen molar-refractivity contribution >= 4 is 0 Å². The zero-order chi connectivity index (χ0) is 11.6. The van der Waals surface area contributed by atoms with Crippen LogP contribution in [0.2, 0.25) is 0 Å². The maximum absolute atomic E-state index is 5.62. The lowest BCUT2D eigenvalue weighted by molar-refractivity contribution is 0.0805. The molecule has 1 heteroatoms. The summed E-state index contributed by atoms with van der Waals surface area (Å²) in [6.07, 6.45) is 1.43. The smallest absolute Gasteiger partial charge is 0.0519 e. The van der Waals surface area contributed by atoms with Crippen molar-refractivity contribution in [3.63, 3.8) is 0 Å². The summed E-state index contributed by atoms with van der Waals surface area (Å²) in [5.41, 5.74) is 6.09. The topological polar surface area (TPSA) is 9.23 Å². The van der Waals surface area contributed by atoms with Crippen LogP contribution in [0.25, 0.3) is 0 Å². The summed E-state index contributed by atoms with van der Waals surface area (Å²) < 4.78 is 5.62. The molecule has 0 aromatic heterocycles. The highest BCUT2D eigenvalue weighted by molar-refractivity contribution is 5.46. The van der Waals surface area contributed by atoms with Crippen LogP contribution in [-0.4, -0.2) is 12.7 Å². The Bertz CT molecular complexity index is 294. The first-order valence-electron chi connectivity index (χ1n) is 5.94. The third-order valence-corrected chi connectivity index (χ3v) is 3.63. The van der Waals surface area contributed by atoms with E-state index in [1.165, 1.54) is 16.7 Å². The average molecular weight is 208 g/mol. The Balaban J connectivity index is 2.58. The first kappa shape index (κ1) is 12.5. The molecule has 0 fully saturated rings.